The lowest BCUT2D eigenvalue weighted by Crippen LogP contribution is -2.14. The Kier molecular flexibility index (Phi) is 5.83. The molecular formula is C11H15ClF3N. The summed E-state index contributed by atoms with van der Waals surface area (Å²) in [6.07, 6.45) is 0.602. The first-order chi connectivity index (χ1) is 6.91. The first kappa shape index (κ1) is 15.3. The molecular weight excluding hydrogens is 239 g/mol. The normalized spacial score (nSPS) is 12.4. The smallest absolute Gasteiger partial charge is 0.194 e. The van der Waals surface area contributed by atoms with E-state index in [0.29, 0.717) is 17.9 Å². The summed E-state index contributed by atoms with van der Waals surface area (Å²) in [5.74, 6) is -3.51. The van der Waals surface area contributed by atoms with Gasteiger partial charge in [-0.2, -0.15) is 0 Å². The molecule has 5 heteroatoms. The highest BCUT2D eigenvalue weighted by atomic mass is 35.5. The summed E-state index contributed by atoms with van der Waals surface area (Å²) in [7, 11) is 0. The topological polar surface area (TPSA) is 26.0 Å². The first-order valence-corrected chi connectivity index (χ1v) is 4.81. The lowest BCUT2D eigenvalue weighted by atomic mass is 9.97. The van der Waals surface area contributed by atoms with Gasteiger partial charge in [0.15, 0.2) is 17.5 Å². The lowest BCUT2D eigenvalue weighted by molar-refractivity contribution is 0.439. The highest BCUT2D eigenvalue weighted by Gasteiger charge is 2.15. The highest BCUT2D eigenvalue weighted by Crippen LogP contribution is 2.22. The maximum Gasteiger partial charge on any atom is 0.194 e. The van der Waals surface area contributed by atoms with Gasteiger partial charge in [-0.05, 0) is 30.0 Å². The second kappa shape index (κ2) is 6.11. The zero-order valence-corrected chi connectivity index (χ0v) is 9.95. The molecule has 92 valence electrons. The van der Waals surface area contributed by atoms with Gasteiger partial charge in [-0.25, -0.2) is 13.2 Å². The average Bonchev–Trinajstić information content (AvgIpc) is 2.12. The van der Waals surface area contributed by atoms with E-state index in [4.69, 9.17) is 5.73 Å². The Balaban J connectivity index is 0.00000225. The third kappa shape index (κ3) is 3.68. The van der Waals surface area contributed by atoms with Gasteiger partial charge in [0, 0.05) is 6.04 Å². The van der Waals surface area contributed by atoms with Crippen LogP contribution in [0.2, 0.25) is 0 Å². The Hall–Kier alpha value is -0.740. The molecule has 0 radical (unpaired) electrons. The largest absolute Gasteiger partial charge is 0.324 e. The molecule has 1 atom stereocenters. The fourth-order valence-corrected chi connectivity index (χ4v) is 1.43. The van der Waals surface area contributed by atoms with Crippen molar-refractivity contribution in [2.75, 3.05) is 0 Å². The molecule has 0 amide bonds. The monoisotopic (exact) mass is 253 g/mol. The van der Waals surface area contributed by atoms with Gasteiger partial charge in [0.05, 0.1) is 0 Å². The molecule has 0 spiro atoms. The van der Waals surface area contributed by atoms with Crippen molar-refractivity contribution in [1.29, 1.82) is 0 Å². The number of hydrogen-bond donors (Lipinski definition) is 1. The van der Waals surface area contributed by atoms with Crippen molar-refractivity contribution in [3.8, 4) is 0 Å². The maximum atomic E-state index is 12.9. The number of hydrogen-bond acceptors (Lipinski definition) is 1. The summed E-state index contributed by atoms with van der Waals surface area (Å²) in [5.41, 5.74) is 6.02. The minimum atomic E-state index is -1.45. The number of benzene rings is 1. The van der Waals surface area contributed by atoms with E-state index in [1.807, 2.05) is 13.8 Å². The molecule has 0 saturated heterocycles. The molecule has 1 aromatic rings. The van der Waals surface area contributed by atoms with Crippen molar-refractivity contribution < 1.29 is 13.2 Å². The second-order valence-corrected chi connectivity index (χ2v) is 4.03. The van der Waals surface area contributed by atoms with Gasteiger partial charge >= 0.3 is 0 Å². The van der Waals surface area contributed by atoms with Gasteiger partial charge < -0.3 is 5.73 Å². The van der Waals surface area contributed by atoms with Gasteiger partial charge in [0.2, 0.25) is 0 Å². The van der Waals surface area contributed by atoms with Crippen LogP contribution in [-0.2, 0) is 0 Å². The predicted molar refractivity (Wildman–Crippen MR) is 59.9 cm³/mol. The fourth-order valence-electron chi connectivity index (χ4n) is 1.43. The molecule has 0 fully saturated rings. The number of nitrogens with two attached hydrogens (primary N) is 1. The fraction of sp³-hybridized carbons (Fsp3) is 0.455. The van der Waals surface area contributed by atoms with E-state index in [1.54, 1.807) is 0 Å². The van der Waals surface area contributed by atoms with E-state index >= 15 is 0 Å². The average molecular weight is 254 g/mol. The minimum Gasteiger partial charge on any atom is -0.324 e. The Labute approximate surface area is 99.2 Å². The minimum absolute atomic E-state index is 0. The van der Waals surface area contributed by atoms with Crippen LogP contribution in [0.1, 0.15) is 31.9 Å². The quantitative estimate of drug-likeness (QED) is 0.819. The molecule has 1 aromatic carbocycles. The third-order valence-electron chi connectivity index (χ3n) is 2.16. The van der Waals surface area contributed by atoms with Gasteiger partial charge in [0.1, 0.15) is 0 Å². The summed E-state index contributed by atoms with van der Waals surface area (Å²) < 4.78 is 38.4. The molecule has 0 heterocycles. The molecule has 1 nitrogen and oxygen atoms in total. The first-order valence-electron chi connectivity index (χ1n) is 4.81. The molecule has 0 aliphatic carbocycles. The molecule has 16 heavy (non-hydrogen) atoms. The summed E-state index contributed by atoms with van der Waals surface area (Å²) in [6, 6.07) is 1.44. The Morgan fingerprint density at radius 1 is 1.12 bits per heavy atom. The maximum absolute atomic E-state index is 12.9. The zero-order valence-electron chi connectivity index (χ0n) is 9.14. The van der Waals surface area contributed by atoms with Crippen molar-refractivity contribution in [3.63, 3.8) is 0 Å². The van der Waals surface area contributed by atoms with Gasteiger partial charge in [-0.15, -0.1) is 12.4 Å². The number of rotatable bonds is 3. The van der Waals surface area contributed by atoms with Crippen molar-refractivity contribution in [1.82, 2.24) is 0 Å². The Morgan fingerprint density at radius 3 is 1.94 bits per heavy atom. The van der Waals surface area contributed by atoms with Crippen LogP contribution in [-0.4, -0.2) is 0 Å². The van der Waals surface area contributed by atoms with Crippen LogP contribution in [0.3, 0.4) is 0 Å². The molecule has 0 unspecified atom stereocenters. The molecule has 0 aromatic heterocycles. The molecule has 1 rings (SSSR count). The van der Waals surface area contributed by atoms with Gasteiger partial charge in [0.25, 0.3) is 0 Å². The van der Waals surface area contributed by atoms with Crippen LogP contribution in [0, 0.1) is 23.4 Å². The van der Waals surface area contributed by atoms with Crippen LogP contribution in [0.15, 0.2) is 12.1 Å². The van der Waals surface area contributed by atoms with E-state index in [-0.39, 0.29) is 12.4 Å². The van der Waals surface area contributed by atoms with Crippen LogP contribution in [0.25, 0.3) is 0 Å². The van der Waals surface area contributed by atoms with Gasteiger partial charge in [-0.1, -0.05) is 13.8 Å². The van der Waals surface area contributed by atoms with Crippen molar-refractivity contribution in [3.05, 3.63) is 35.1 Å². The summed E-state index contributed by atoms with van der Waals surface area (Å²) >= 11 is 0. The molecule has 2 N–H and O–H groups in total. The van der Waals surface area contributed by atoms with E-state index in [2.05, 4.69) is 0 Å². The third-order valence-corrected chi connectivity index (χ3v) is 2.16. The molecule has 0 aliphatic rings. The van der Waals surface area contributed by atoms with Gasteiger partial charge in [-0.3, -0.25) is 0 Å². The lowest BCUT2D eigenvalue weighted by Gasteiger charge is -2.14. The predicted octanol–water partition coefficient (Wildman–Crippen LogP) is 3.57. The number of halogens is 4. The van der Waals surface area contributed by atoms with Crippen LogP contribution in [0.4, 0.5) is 13.2 Å². The SMILES string of the molecule is CC(C)C[C@@H](N)c1cc(F)c(F)c(F)c1.Cl. The van der Waals surface area contributed by atoms with E-state index in [0.717, 1.165) is 12.1 Å². The van der Waals surface area contributed by atoms with Crippen LogP contribution in [0.5, 0.6) is 0 Å². The summed E-state index contributed by atoms with van der Waals surface area (Å²) in [4.78, 5) is 0. The van der Waals surface area contributed by atoms with Crippen LogP contribution < -0.4 is 5.73 Å². The Bertz CT molecular complexity index is 332. The summed E-state index contributed by atoms with van der Waals surface area (Å²) in [6.45, 7) is 3.91. The van der Waals surface area contributed by atoms with Crippen LogP contribution >= 0.6 is 12.4 Å². The Morgan fingerprint density at radius 2 is 1.56 bits per heavy atom. The van der Waals surface area contributed by atoms with E-state index in [1.165, 1.54) is 0 Å². The molecule has 0 aliphatic heterocycles. The standard InChI is InChI=1S/C11H14F3N.ClH/c1-6(2)3-10(15)7-4-8(12)11(14)9(13)5-7;/h4-6,10H,3,15H2,1-2H3;1H/t10-;/m1./s1. The molecule has 0 bridgehead atoms. The van der Waals surface area contributed by atoms with Crippen molar-refractivity contribution in [2.45, 2.75) is 26.3 Å². The zero-order chi connectivity index (χ0) is 11.6. The highest BCUT2D eigenvalue weighted by molar-refractivity contribution is 5.85. The van der Waals surface area contributed by atoms with E-state index < -0.39 is 23.5 Å². The van der Waals surface area contributed by atoms with Crippen molar-refractivity contribution >= 4 is 12.4 Å². The van der Waals surface area contributed by atoms with E-state index in [9.17, 15) is 13.2 Å². The van der Waals surface area contributed by atoms with Crippen molar-refractivity contribution in [2.24, 2.45) is 11.7 Å². The molecule has 0 saturated carbocycles. The second-order valence-electron chi connectivity index (χ2n) is 4.03. The summed E-state index contributed by atoms with van der Waals surface area (Å²) in [5, 5.41) is 0.